The van der Waals surface area contributed by atoms with Crippen molar-refractivity contribution in [1.29, 1.82) is 0 Å². The molecular formula is C22H21ClN6O2S. The molecule has 0 aliphatic heterocycles. The van der Waals surface area contributed by atoms with Gasteiger partial charge in [0.15, 0.2) is 0 Å². The van der Waals surface area contributed by atoms with Crippen LogP contribution in [0.15, 0.2) is 58.1 Å². The summed E-state index contributed by atoms with van der Waals surface area (Å²) in [5.41, 5.74) is 9.64. The average molecular weight is 469 g/mol. The number of nitrogen functional groups attached to an aromatic ring is 1. The monoisotopic (exact) mass is 468 g/mol. The van der Waals surface area contributed by atoms with Crippen LogP contribution in [-0.4, -0.2) is 32.1 Å². The third-order valence-electron chi connectivity index (χ3n) is 4.83. The number of carbonyl (C=O) groups excluding carboxylic acids is 1. The second-order valence-corrected chi connectivity index (χ2v) is 8.29. The van der Waals surface area contributed by atoms with Crippen LogP contribution in [0.3, 0.4) is 0 Å². The molecule has 0 spiro atoms. The van der Waals surface area contributed by atoms with Crippen molar-refractivity contribution in [3.63, 3.8) is 0 Å². The number of thioether (sulfide) groups is 1. The number of aryl methyl sites for hydroxylation is 1. The number of nitrogens with one attached hydrogen (secondary N) is 1. The first kappa shape index (κ1) is 21.9. The lowest BCUT2D eigenvalue weighted by atomic mass is 10.1. The Morgan fingerprint density at radius 1 is 1.22 bits per heavy atom. The van der Waals surface area contributed by atoms with E-state index in [2.05, 4.69) is 20.6 Å². The quantitative estimate of drug-likeness (QED) is 0.391. The lowest BCUT2D eigenvalue weighted by molar-refractivity contribution is -0.122. The maximum absolute atomic E-state index is 12.5. The van der Waals surface area contributed by atoms with E-state index in [9.17, 15) is 4.79 Å². The predicted octanol–water partition coefficient (Wildman–Crippen LogP) is 4.18. The van der Waals surface area contributed by atoms with Gasteiger partial charge < -0.3 is 15.6 Å². The van der Waals surface area contributed by atoms with E-state index in [-0.39, 0.29) is 24.2 Å². The second kappa shape index (κ2) is 9.46. The maximum atomic E-state index is 12.5. The smallest absolute Gasteiger partial charge is 0.264 e. The van der Waals surface area contributed by atoms with Crippen LogP contribution in [0.2, 0.25) is 5.02 Å². The first-order valence-electron chi connectivity index (χ1n) is 9.77. The van der Waals surface area contributed by atoms with E-state index in [1.54, 1.807) is 6.07 Å². The Morgan fingerprint density at radius 2 is 1.97 bits per heavy atom. The molecule has 0 radical (unpaired) electrons. The van der Waals surface area contributed by atoms with Gasteiger partial charge in [-0.25, -0.2) is 4.68 Å². The summed E-state index contributed by atoms with van der Waals surface area (Å²) in [6.07, 6.45) is 1.87. The first-order valence-corrected chi connectivity index (χ1v) is 11.4. The molecular weight excluding hydrogens is 448 g/mol. The Bertz CT molecular complexity index is 1250. The van der Waals surface area contributed by atoms with Crippen molar-refractivity contribution in [2.24, 2.45) is 0 Å². The topological polar surface area (TPSA) is 112 Å². The van der Waals surface area contributed by atoms with Gasteiger partial charge >= 0.3 is 0 Å². The molecule has 0 saturated heterocycles. The summed E-state index contributed by atoms with van der Waals surface area (Å²) in [4.78, 5) is 17.0. The van der Waals surface area contributed by atoms with E-state index < -0.39 is 0 Å². The fourth-order valence-corrected chi connectivity index (χ4v) is 3.87. The second-order valence-electron chi connectivity index (χ2n) is 7.08. The molecule has 0 unspecified atom stereocenters. The van der Waals surface area contributed by atoms with Crippen molar-refractivity contribution in [2.75, 3.05) is 12.0 Å². The van der Waals surface area contributed by atoms with Crippen molar-refractivity contribution >= 4 is 35.1 Å². The summed E-state index contributed by atoms with van der Waals surface area (Å²) >= 11 is 7.53. The van der Waals surface area contributed by atoms with Crippen LogP contribution in [0.5, 0.6) is 0 Å². The van der Waals surface area contributed by atoms with Crippen LogP contribution in [-0.2, 0) is 17.9 Å². The first-order chi connectivity index (χ1) is 15.5. The molecule has 4 rings (SSSR count). The van der Waals surface area contributed by atoms with E-state index >= 15 is 0 Å². The van der Waals surface area contributed by atoms with E-state index in [1.807, 2.05) is 55.6 Å². The summed E-state index contributed by atoms with van der Waals surface area (Å²) in [6, 6.07) is 15.1. The molecule has 0 fully saturated rings. The van der Waals surface area contributed by atoms with E-state index in [4.69, 9.17) is 21.9 Å². The summed E-state index contributed by atoms with van der Waals surface area (Å²) in [6.45, 7) is 2.27. The highest BCUT2D eigenvalue weighted by Crippen LogP contribution is 2.34. The van der Waals surface area contributed by atoms with E-state index in [0.717, 1.165) is 16.7 Å². The number of rotatable bonds is 7. The van der Waals surface area contributed by atoms with Gasteiger partial charge in [-0.3, -0.25) is 4.79 Å². The third-order valence-corrected chi connectivity index (χ3v) is 5.87. The van der Waals surface area contributed by atoms with Gasteiger partial charge in [0.2, 0.25) is 11.7 Å². The van der Waals surface area contributed by atoms with Crippen molar-refractivity contribution in [1.82, 2.24) is 25.2 Å². The number of nitrogens with zero attached hydrogens (tertiary/aromatic N) is 4. The van der Waals surface area contributed by atoms with Crippen molar-refractivity contribution in [3.05, 3.63) is 64.7 Å². The number of halogens is 1. The number of carbonyl (C=O) groups is 1. The highest BCUT2D eigenvalue weighted by molar-refractivity contribution is 7.98. The maximum Gasteiger partial charge on any atom is 0.264 e. The Labute approximate surface area is 194 Å². The zero-order chi connectivity index (χ0) is 22.7. The molecule has 0 aliphatic carbocycles. The van der Waals surface area contributed by atoms with Crippen LogP contribution < -0.4 is 11.1 Å². The number of nitrogens with two attached hydrogens (primary N) is 1. The minimum Gasteiger partial charge on any atom is -0.383 e. The van der Waals surface area contributed by atoms with Crippen molar-refractivity contribution in [3.8, 4) is 22.8 Å². The highest BCUT2D eigenvalue weighted by Gasteiger charge is 2.23. The van der Waals surface area contributed by atoms with Gasteiger partial charge in [-0.05, 0) is 24.8 Å². The fourth-order valence-electron chi connectivity index (χ4n) is 3.09. The van der Waals surface area contributed by atoms with Crippen LogP contribution in [0.25, 0.3) is 22.8 Å². The summed E-state index contributed by atoms with van der Waals surface area (Å²) in [7, 11) is 0. The average Bonchev–Trinajstić information content (AvgIpc) is 3.38. The standard InChI is InChI=1S/C22H21ClN6O2S/c1-13-7-9-14(10-8-13)20-26-21(31-28-20)18-19(24)29(27-22(18)32-2)12-17(30)25-11-15-5-3-4-6-16(15)23/h3-10H,11-12,24H2,1-2H3,(H,25,30). The minimum atomic E-state index is -0.246. The van der Waals surface area contributed by atoms with Gasteiger partial charge in [-0.15, -0.1) is 11.8 Å². The van der Waals surface area contributed by atoms with Gasteiger partial charge in [0.25, 0.3) is 5.89 Å². The summed E-state index contributed by atoms with van der Waals surface area (Å²) in [5.74, 6) is 0.743. The van der Waals surface area contributed by atoms with Crippen molar-refractivity contribution < 1.29 is 9.32 Å². The Kier molecular flexibility index (Phi) is 6.48. The summed E-state index contributed by atoms with van der Waals surface area (Å²) in [5, 5.41) is 12.5. The molecule has 2 heterocycles. The Balaban J connectivity index is 1.53. The number of aromatic nitrogens is 4. The lowest BCUT2D eigenvalue weighted by Crippen LogP contribution is -2.28. The molecule has 8 nitrogen and oxygen atoms in total. The van der Waals surface area contributed by atoms with E-state index in [0.29, 0.717) is 28.0 Å². The molecule has 1 amide bonds. The number of anilines is 1. The van der Waals surface area contributed by atoms with Crippen LogP contribution >= 0.6 is 23.4 Å². The molecule has 2 aromatic heterocycles. The molecule has 0 atom stereocenters. The molecule has 3 N–H and O–H groups in total. The molecule has 10 heteroatoms. The number of hydrogen-bond donors (Lipinski definition) is 2. The van der Waals surface area contributed by atoms with Crippen molar-refractivity contribution in [2.45, 2.75) is 25.0 Å². The molecule has 4 aromatic rings. The highest BCUT2D eigenvalue weighted by atomic mass is 35.5. The zero-order valence-corrected chi connectivity index (χ0v) is 19.1. The molecule has 164 valence electrons. The van der Waals surface area contributed by atoms with Gasteiger partial charge in [-0.1, -0.05) is 64.8 Å². The lowest BCUT2D eigenvalue weighted by Gasteiger charge is -2.08. The molecule has 32 heavy (non-hydrogen) atoms. The Morgan fingerprint density at radius 3 is 2.69 bits per heavy atom. The van der Waals surface area contributed by atoms with Crippen LogP contribution in [0.1, 0.15) is 11.1 Å². The number of benzene rings is 2. The van der Waals surface area contributed by atoms with Gasteiger partial charge in [0, 0.05) is 17.1 Å². The van der Waals surface area contributed by atoms with Crippen LogP contribution in [0.4, 0.5) is 5.82 Å². The van der Waals surface area contributed by atoms with Gasteiger partial charge in [0.1, 0.15) is 23.0 Å². The van der Waals surface area contributed by atoms with Crippen LogP contribution in [0, 0.1) is 6.92 Å². The number of amides is 1. The van der Waals surface area contributed by atoms with Gasteiger partial charge in [0.05, 0.1) is 0 Å². The fraction of sp³-hybridized carbons (Fsp3) is 0.182. The SMILES string of the molecule is CSc1nn(CC(=O)NCc2ccccc2Cl)c(N)c1-c1nc(-c2ccc(C)cc2)no1. The summed E-state index contributed by atoms with van der Waals surface area (Å²) < 4.78 is 6.90. The number of hydrogen-bond acceptors (Lipinski definition) is 7. The third kappa shape index (κ3) is 4.63. The largest absolute Gasteiger partial charge is 0.383 e. The van der Waals surface area contributed by atoms with Gasteiger partial charge in [-0.2, -0.15) is 10.1 Å². The normalized spacial score (nSPS) is 11.0. The zero-order valence-electron chi connectivity index (χ0n) is 17.5. The van der Waals surface area contributed by atoms with E-state index in [1.165, 1.54) is 16.4 Å². The molecule has 0 aliphatic rings. The molecule has 0 saturated carbocycles. The predicted molar refractivity (Wildman–Crippen MR) is 125 cm³/mol. The molecule has 2 aromatic carbocycles. The molecule has 0 bridgehead atoms. The minimum absolute atomic E-state index is 0.0528. The Hall–Kier alpha value is -3.30.